The Labute approximate surface area is 108 Å². The van der Waals surface area contributed by atoms with Crippen LogP contribution < -0.4 is 10.2 Å². The number of hydrogen-bond acceptors (Lipinski definition) is 2. The summed E-state index contributed by atoms with van der Waals surface area (Å²) in [6.07, 6.45) is 1.05. The zero-order valence-electron chi connectivity index (χ0n) is 10.9. The monoisotopic (exact) mass is 248 g/mol. The Bertz CT molecular complexity index is 445. The maximum atomic E-state index is 12.1. The highest BCUT2D eigenvalue weighted by atomic mass is 16.3. The van der Waals surface area contributed by atoms with Gasteiger partial charge in [-0.1, -0.05) is 25.1 Å². The molecule has 1 unspecified atom stereocenters. The number of nitrogens with one attached hydrogen (secondary N) is 1. The molecule has 1 aromatic carbocycles. The number of anilines is 1. The zero-order chi connectivity index (χ0) is 13.1. The van der Waals surface area contributed by atoms with Crippen LogP contribution in [0.2, 0.25) is 0 Å². The second-order valence-corrected chi connectivity index (χ2v) is 4.70. The molecular formula is C14H20N2O2. The van der Waals surface area contributed by atoms with E-state index in [-0.39, 0.29) is 6.03 Å². The largest absolute Gasteiger partial charge is 0.388 e. The Hall–Kier alpha value is -1.55. The van der Waals surface area contributed by atoms with Crippen LogP contribution in [0.4, 0.5) is 10.5 Å². The molecule has 0 saturated heterocycles. The first-order valence-corrected chi connectivity index (χ1v) is 6.48. The van der Waals surface area contributed by atoms with E-state index < -0.39 is 6.10 Å². The number of fused-ring (bicyclic) bond motifs is 1. The minimum absolute atomic E-state index is 0.0701. The summed E-state index contributed by atoms with van der Waals surface area (Å²) >= 11 is 0. The molecule has 0 fully saturated rings. The topological polar surface area (TPSA) is 52.6 Å². The fraction of sp³-hybridized carbons (Fsp3) is 0.500. The molecule has 1 aliphatic heterocycles. The number of benzene rings is 1. The summed E-state index contributed by atoms with van der Waals surface area (Å²) in [7, 11) is 0. The summed E-state index contributed by atoms with van der Waals surface area (Å²) in [6.45, 7) is 5.24. The highest BCUT2D eigenvalue weighted by Gasteiger charge is 2.28. The summed E-state index contributed by atoms with van der Waals surface area (Å²) in [4.78, 5) is 13.9. The van der Waals surface area contributed by atoms with Gasteiger partial charge in [-0.15, -0.1) is 0 Å². The first-order valence-electron chi connectivity index (χ1n) is 6.48. The first-order chi connectivity index (χ1) is 8.65. The third kappa shape index (κ3) is 2.34. The fourth-order valence-corrected chi connectivity index (χ4v) is 2.37. The van der Waals surface area contributed by atoms with E-state index in [2.05, 4.69) is 5.32 Å². The van der Waals surface area contributed by atoms with Crippen molar-refractivity contribution in [2.75, 3.05) is 18.0 Å². The number of aliphatic hydroxyl groups excluding tert-OH is 1. The number of rotatable bonds is 2. The van der Waals surface area contributed by atoms with Gasteiger partial charge in [0.25, 0.3) is 0 Å². The van der Waals surface area contributed by atoms with Gasteiger partial charge >= 0.3 is 6.03 Å². The maximum Gasteiger partial charge on any atom is 0.321 e. The molecule has 0 radical (unpaired) electrons. The molecule has 1 aliphatic rings. The van der Waals surface area contributed by atoms with Crippen LogP contribution in [0, 0.1) is 6.92 Å². The molecule has 1 atom stereocenters. The number of carbonyl (C=O) groups is 1. The molecule has 4 nitrogen and oxygen atoms in total. The first kappa shape index (κ1) is 12.9. The lowest BCUT2D eigenvalue weighted by atomic mass is 9.96. The van der Waals surface area contributed by atoms with Crippen molar-refractivity contribution in [2.24, 2.45) is 0 Å². The van der Waals surface area contributed by atoms with Crippen LogP contribution in [0.15, 0.2) is 18.2 Å². The summed E-state index contributed by atoms with van der Waals surface area (Å²) in [5, 5.41) is 12.9. The molecule has 2 N–H and O–H groups in total. The third-order valence-electron chi connectivity index (χ3n) is 3.30. The number of amides is 2. The summed E-state index contributed by atoms with van der Waals surface area (Å²) in [5.74, 6) is 0. The van der Waals surface area contributed by atoms with Gasteiger partial charge in [0.05, 0.1) is 11.8 Å². The predicted molar refractivity (Wildman–Crippen MR) is 71.8 cm³/mol. The molecule has 1 heterocycles. The second kappa shape index (κ2) is 5.40. The number of nitrogens with zero attached hydrogens (tertiary/aromatic N) is 1. The van der Waals surface area contributed by atoms with Crippen molar-refractivity contribution in [1.29, 1.82) is 0 Å². The minimum Gasteiger partial charge on any atom is -0.388 e. The van der Waals surface area contributed by atoms with E-state index in [9.17, 15) is 9.90 Å². The average Bonchev–Trinajstić information content (AvgIpc) is 2.37. The Morgan fingerprint density at radius 1 is 1.56 bits per heavy atom. The Morgan fingerprint density at radius 2 is 2.33 bits per heavy atom. The highest BCUT2D eigenvalue weighted by Crippen LogP contribution is 2.36. The lowest BCUT2D eigenvalue weighted by Gasteiger charge is -2.33. The van der Waals surface area contributed by atoms with Crippen molar-refractivity contribution < 1.29 is 9.90 Å². The van der Waals surface area contributed by atoms with Crippen LogP contribution in [0.3, 0.4) is 0 Å². The van der Waals surface area contributed by atoms with Gasteiger partial charge < -0.3 is 10.4 Å². The fourth-order valence-electron chi connectivity index (χ4n) is 2.37. The third-order valence-corrected chi connectivity index (χ3v) is 3.30. The summed E-state index contributed by atoms with van der Waals surface area (Å²) in [6, 6.07) is 5.72. The standard InChI is InChI=1S/C14H20N2O2/c1-3-8-15-14(18)16-9-7-12(17)11-6-4-5-10(2)13(11)16/h4-6,12,17H,3,7-9H2,1-2H3,(H,15,18). The van der Waals surface area contributed by atoms with Crippen molar-refractivity contribution in [2.45, 2.75) is 32.8 Å². The average molecular weight is 248 g/mol. The van der Waals surface area contributed by atoms with Gasteiger partial charge in [-0.3, -0.25) is 4.90 Å². The Kier molecular flexibility index (Phi) is 3.87. The van der Waals surface area contributed by atoms with E-state index in [0.717, 1.165) is 23.2 Å². The van der Waals surface area contributed by atoms with Gasteiger partial charge in [0, 0.05) is 18.7 Å². The molecular weight excluding hydrogens is 228 g/mol. The van der Waals surface area contributed by atoms with Crippen LogP contribution in [-0.4, -0.2) is 24.2 Å². The van der Waals surface area contributed by atoms with Crippen molar-refractivity contribution in [3.8, 4) is 0 Å². The van der Waals surface area contributed by atoms with Gasteiger partial charge in [-0.05, 0) is 25.3 Å². The SMILES string of the molecule is CCCNC(=O)N1CCC(O)c2cccc(C)c21. The van der Waals surface area contributed by atoms with Crippen LogP contribution >= 0.6 is 0 Å². The number of para-hydroxylation sites is 1. The number of urea groups is 1. The van der Waals surface area contributed by atoms with Gasteiger partial charge in [0.1, 0.15) is 0 Å². The van der Waals surface area contributed by atoms with E-state index in [4.69, 9.17) is 0 Å². The number of carbonyl (C=O) groups excluding carboxylic acids is 1. The van der Waals surface area contributed by atoms with Gasteiger partial charge in [0.2, 0.25) is 0 Å². The lowest BCUT2D eigenvalue weighted by Crippen LogP contribution is -2.44. The summed E-state index contributed by atoms with van der Waals surface area (Å²) in [5.41, 5.74) is 2.75. The molecule has 98 valence electrons. The molecule has 2 amide bonds. The Morgan fingerprint density at radius 3 is 3.06 bits per heavy atom. The van der Waals surface area contributed by atoms with Gasteiger partial charge in [-0.25, -0.2) is 4.79 Å². The maximum absolute atomic E-state index is 12.1. The van der Waals surface area contributed by atoms with Crippen LogP contribution in [0.1, 0.15) is 37.0 Å². The quantitative estimate of drug-likeness (QED) is 0.844. The van der Waals surface area contributed by atoms with Crippen molar-refractivity contribution >= 4 is 11.7 Å². The Balaban J connectivity index is 2.31. The molecule has 1 aromatic rings. The normalized spacial score (nSPS) is 18.4. The van der Waals surface area contributed by atoms with Crippen LogP contribution in [-0.2, 0) is 0 Å². The van der Waals surface area contributed by atoms with Gasteiger partial charge in [-0.2, -0.15) is 0 Å². The number of aliphatic hydroxyl groups is 1. The smallest absolute Gasteiger partial charge is 0.321 e. The van der Waals surface area contributed by atoms with Gasteiger partial charge in [0.15, 0.2) is 0 Å². The summed E-state index contributed by atoms with van der Waals surface area (Å²) < 4.78 is 0. The molecule has 0 aliphatic carbocycles. The van der Waals surface area contributed by atoms with E-state index >= 15 is 0 Å². The molecule has 2 rings (SSSR count). The lowest BCUT2D eigenvalue weighted by molar-refractivity contribution is 0.164. The van der Waals surface area contributed by atoms with Crippen molar-refractivity contribution in [3.63, 3.8) is 0 Å². The van der Waals surface area contributed by atoms with E-state index in [1.165, 1.54) is 0 Å². The molecule has 0 aromatic heterocycles. The van der Waals surface area contributed by atoms with E-state index in [1.807, 2.05) is 32.0 Å². The molecule has 0 saturated carbocycles. The number of aryl methyl sites for hydroxylation is 1. The number of hydrogen-bond donors (Lipinski definition) is 2. The molecule has 0 spiro atoms. The predicted octanol–water partition coefficient (Wildman–Crippen LogP) is 2.36. The van der Waals surface area contributed by atoms with Crippen LogP contribution in [0.5, 0.6) is 0 Å². The minimum atomic E-state index is -0.463. The molecule has 0 bridgehead atoms. The molecule has 4 heteroatoms. The highest BCUT2D eigenvalue weighted by molar-refractivity contribution is 5.94. The van der Waals surface area contributed by atoms with Crippen LogP contribution in [0.25, 0.3) is 0 Å². The second-order valence-electron chi connectivity index (χ2n) is 4.70. The van der Waals surface area contributed by atoms with E-state index in [1.54, 1.807) is 4.90 Å². The zero-order valence-corrected chi connectivity index (χ0v) is 10.9. The van der Waals surface area contributed by atoms with Crippen molar-refractivity contribution in [3.05, 3.63) is 29.3 Å². The molecule has 18 heavy (non-hydrogen) atoms. The van der Waals surface area contributed by atoms with E-state index in [0.29, 0.717) is 19.5 Å². The van der Waals surface area contributed by atoms with Crippen molar-refractivity contribution in [1.82, 2.24) is 5.32 Å².